The highest BCUT2D eigenvalue weighted by Crippen LogP contribution is 2.39. The quantitative estimate of drug-likeness (QED) is 0.769. The van der Waals surface area contributed by atoms with E-state index in [-0.39, 0.29) is 11.6 Å². The van der Waals surface area contributed by atoms with Crippen LogP contribution in [0.1, 0.15) is 24.0 Å². The van der Waals surface area contributed by atoms with Crippen LogP contribution < -0.4 is 5.32 Å². The smallest absolute Gasteiger partial charge is 0.224 e. The molecule has 1 aromatic carbocycles. The van der Waals surface area contributed by atoms with Crippen molar-refractivity contribution >= 4 is 5.91 Å². The van der Waals surface area contributed by atoms with Gasteiger partial charge in [-0.3, -0.25) is 10.1 Å². The molecule has 0 aliphatic carbocycles. The van der Waals surface area contributed by atoms with Gasteiger partial charge in [-0.15, -0.1) is 0 Å². The zero-order valence-electron chi connectivity index (χ0n) is 9.49. The van der Waals surface area contributed by atoms with Gasteiger partial charge in [-0.25, -0.2) is 0 Å². The summed E-state index contributed by atoms with van der Waals surface area (Å²) in [5, 5.41) is 3.50. The van der Waals surface area contributed by atoms with E-state index >= 15 is 0 Å². The van der Waals surface area contributed by atoms with E-state index in [0.717, 1.165) is 19.5 Å². The molecule has 0 aromatic heterocycles. The zero-order chi connectivity index (χ0) is 11.2. The van der Waals surface area contributed by atoms with E-state index in [1.165, 1.54) is 11.1 Å². The van der Waals surface area contributed by atoms with Crippen LogP contribution in [0, 0.1) is 6.92 Å². The summed E-state index contributed by atoms with van der Waals surface area (Å²) in [5.74, 6) is 0.283. The van der Waals surface area contributed by atoms with Gasteiger partial charge in [0.2, 0.25) is 5.91 Å². The number of benzene rings is 1. The van der Waals surface area contributed by atoms with Gasteiger partial charge in [-0.05, 0) is 18.9 Å². The normalized spacial score (nSPS) is 28.6. The Hall–Kier alpha value is -1.35. The number of carbonyl (C=O) groups excluding carboxylic acids is 1. The minimum Gasteiger partial charge on any atom is -0.319 e. The summed E-state index contributed by atoms with van der Waals surface area (Å²) in [4.78, 5) is 13.8. The minimum atomic E-state index is -0.204. The first kappa shape index (κ1) is 9.85. The third kappa shape index (κ3) is 1.21. The summed E-state index contributed by atoms with van der Waals surface area (Å²) < 4.78 is 0. The second-order valence-electron chi connectivity index (χ2n) is 4.70. The predicted molar refractivity (Wildman–Crippen MR) is 61.8 cm³/mol. The van der Waals surface area contributed by atoms with Gasteiger partial charge in [0.15, 0.2) is 0 Å². The van der Waals surface area contributed by atoms with Crippen LogP contribution in [0.4, 0.5) is 0 Å². The summed E-state index contributed by atoms with van der Waals surface area (Å²) in [6, 6.07) is 8.51. The van der Waals surface area contributed by atoms with Crippen molar-refractivity contribution in [3.8, 4) is 0 Å². The van der Waals surface area contributed by atoms with Gasteiger partial charge in [0.05, 0.1) is 0 Å². The molecule has 1 N–H and O–H groups in total. The zero-order valence-corrected chi connectivity index (χ0v) is 9.49. The minimum absolute atomic E-state index is 0.204. The van der Waals surface area contributed by atoms with Crippen molar-refractivity contribution in [3.05, 3.63) is 35.4 Å². The first-order chi connectivity index (χ1) is 7.72. The molecule has 3 nitrogen and oxygen atoms in total. The lowest BCUT2D eigenvalue weighted by Crippen LogP contribution is -2.45. The number of amides is 1. The maximum atomic E-state index is 11.8. The Kier molecular flexibility index (Phi) is 2.04. The highest BCUT2D eigenvalue weighted by Gasteiger charge is 2.49. The van der Waals surface area contributed by atoms with Gasteiger partial charge < -0.3 is 4.90 Å². The molecule has 3 rings (SSSR count). The SMILES string of the molecule is Cc1ccc(C23CCC(=O)N2CCN3)cc1. The molecule has 1 aromatic rings. The Balaban J connectivity index is 2.04. The maximum absolute atomic E-state index is 11.8. The fourth-order valence-corrected chi connectivity index (χ4v) is 2.88. The van der Waals surface area contributed by atoms with Crippen molar-refractivity contribution < 1.29 is 4.79 Å². The summed E-state index contributed by atoms with van der Waals surface area (Å²) >= 11 is 0. The molecule has 84 valence electrons. The first-order valence-corrected chi connectivity index (χ1v) is 5.85. The molecule has 1 atom stereocenters. The van der Waals surface area contributed by atoms with Gasteiger partial charge in [-0.2, -0.15) is 0 Å². The number of fused-ring (bicyclic) bond motifs is 1. The van der Waals surface area contributed by atoms with Crippen LogP contribution in [0.3, 0.4) is 0 Å². The molecule has 2 aliphatic heterocycles. The topological polar surface area (TPSA) is 32.3 Å². The molecule has 0 spiro atoms. The monoisotopic (exact) mass is 216 g/mol. The van der Waals surface area contributed by atoms with E-state index < -0.39 is 0 Å². The third-order valence-corrected chi connectivity index (χ3v) is 3.74. The Morgan fingerprint density at radius 2 is 2.06 bits per heavy atom. The van der Waals surface area contributed by atoms with Gasteiger partial charge in [-0.1, -0.05) is 29.8 Å². The number of hydrogen-bond acceptors (Lipinski definition) is 2. The molecule has 0 radical (unpaired) electrons. The van der Waals surface area contributed by atoms with Gasteiger partial charge in [0, 0.05) is 19.5 Å². The summed E-state index contributed by atoms with van der Waals surface area (Å²) in [5.41, 5.74) is 2.28. The average molecular weight is 216 g/mol. The van der Waals surface area contributed by atoms with E-state index in [1.54, 1.807) is 0 Å². The van der Waals surface area contributed by atoms with Gasteiger partial charge in [0.1, 0.15) is 5.66 Å². The van der Waals surface area contributed by atoms with E-state index in [9.17, 15) is 4.79 Å². The predicted octanol–water partition coefficient (Wildman–Crippen LogP) is 1.37. The third-order valence-electron chi connectivity index (χ3n) is 3.74. The Labute approximate surface area is 95.4 Å². The molecule has 16 heavy (non-hydrogen) atoms. The summed E-state index contributed by atoms with van der Waals surface area (Å²) in [6.45, 7) is 3.83. The largest absolute Gasteiger partial charge is 0.319 e. The number of hydrogen-bond donors (Lipinski definition) is 1. The lowest BCUT2D eigenvalue weighted by molar-refractivity contribution is -0.130. The van der Waals surface area contributed by atoms with Gasteiger partial charge >= 0.3 is 0 Å². The van der Waals surface area contributed by atoms with Crippen LogP contribution in [0.2, 0.25) is 0 Å². The van der Waals surface area contributed by atoms with Crippen molar-refractivity contribution in [2.75, 3.05) is 13.1 Å². The fraction of sp³-hybridized carbons (Fsp3) is 0.462. The highest BCUT2D eigenvalue weighted by molar-refractivity contribution is 5.80. The molecule has 3 heteroatoms. The molecule has 2 aliphatic rings. The molecule has 2 heterocycles. The lowest BCUT2D eigenvalue weighted by Gasteiger charge is -2.32. The van der Waals surface area contributed by atoms with E-state index in [4.69, 9.17) is 0 Å². The molecule has 2 saturated heterocycles. The molecular formula is C13H16N2O. The molecule has 1 unspecified atom stereocenters. The van der Waals surface area contributed by atoms with Crippen LogP contribution in [0.25, 0.3) is 0 Å². The number of aryl methyl sites for hydroxylation is 1. The van der Waals surface area contributed by atoms with Gasteiger partial charge in [0.25, 0.3) is 0 Å². The highest BCUT2D eigenvalue weighted by atomic mass is 16.2. The fourth-order valence-electron chi connectivity index (χ4n) is 2.88. The van der Waals surface area contributed by atoms with Crippen molar-refractivity contribution in [2.45, 2.75) is 25.4 Å². The molecule has 1 amide bonds. The van der Waals surface area contributed by atoms with E-state index in [2.05, 4.69) is 36.5 Å². The van der Waals surface area contributed by atoms with Crippen LogP contribution in [0.15, 0.2) is 24.3 Å². The number of nitrogens with one attached hydrogen (secondary N) is 1. The van der Waals surface area contributed by atoms with Crippen molar-refractivity contribution in [3.63, 3.8) is 0 Å². The van der Waals surface area contributed by atoms with Crippen LogP contribution in [0.5, 0.6) is 0 Å². The summed E-state index contributed by atoms with van der Waals surface area (Å²) in [7, 11) is 0. The molecular weight excluding hydrogens is 200 g/mol. The second-order valence-corrected chi connectivity index (χ2v) is 4.70. The molecule has 0 bridgehead atoms. The standard InChI is InChI=1S/C13H16N2O/c1-10-2-4-11(5-3-10)13-7-6-12(16)15(13)9-8-14-13/h2-5,14H,6-9H2,1H3. The Morgan fingerprint density at radius 1 is 1.31 bits per heavy atom. The lowest BCUT2D eigenvalue weighted by atomic mass is 9.96. The van der Waals surface area contributed by atoms with E-state index in [1.807, 2.05) is 4.90 Å². The molecule has 2 fully saturated rings. The number of rotatable bonds is 1. The molecule has 0 saturated carbocycles. The van der Waals surface area contributed by atoms with Crippen molar-refractivity contribution in [1.82, 2.24) is 10.2 Å². The summed E-state index contributed by atoms with van der Waals surface area (Å²) in [6.07, 6.45) is 1.57. The van der Waals surface area contributed by atoms with Crippen LogP contribution in [-0.2, 0) is 10.5 Å². The maximum Gasteiger partial charge on any atom is 0.224 e. The Bertz CT molecular complexity index is 426. The first-order valence-electron chi connectivity index (χ1n) is 5.85. The Morgan fingerprint density at radius 3 is 2.81 bits per heavy atom. The van der Waals surface area contributed by atoms with Crippen molar-refractivity contribution in [1.29, 1.82) is 0 Å². The second kappa shape index (κ2) is 3.32. The van der Waals surface area contributed by atoms with E-state index in [0.29, 0.717) is 6.42 Å². The van der Waals surface area contributed by atoms with Crippen LogP contribution in [-0.4, -0.2) is 23.9 Å². The van der Waals surface area contributed by atoms with Crippen molar-refractivity contribution in [2.24, 2.45) is 0 Å². The number of carbonyl (C=O) groups is 1. The van der Waals surface area contributed by atoms with Crippen LogP contribution >= 0.6 is 0 Å². The number of nitrogens with zero attached hydrogens (tertiary/aromatic N) is 1. The average Bonchev–Trinajstić information content (AvgIpc) is 2.82.